The highest BCUT2D eigenvalue weighted by atomic mass is 19.1. The number of nitrogens with zero attached hydrogens (tertiary/aromatic N) is 4. The molecular weight excluding hydrogens is 447 g/mol. The van der Waals surface area contributed by atoms with Crippen LogP contribution in [0.25, 0.3) is 16.7 Å². The number of pyridine rings is 1. The van der Waals surface area contributed by atoms with E-state index in [0.29, 0.717) is 35.6 Å². The van der Waals surface area contributed by atoms with Crippen LogP contribution in [0.15, 0.2) is 78.4 Å². The van der Waals surface area contributed by atoms with Gasteiger partial charge in [-0.05, 0) is 61.7 Å². The van der Waals surface area contributed by atoms with Crippen molar-refractivity contribution >= 4 is 16.9 Å². The smallest absolute Gasteiger partial charge is 0.334 e. The first-order valence-corrected chi connectivity index (χ1v) is 11.5. The van der Waals surface area contributed by atoms with Crippen LogP contribution in [0.5, 0.6) is 11.5 Å². The molecule has 1 aliphatic heterocycles. The number of imidazole rings is 1. The molecule has 5 rings (SSSR count). The van der Waals surface area contributed by atoms with Crippen LogP contribution < -0.4 is 10.4 Å². The van der Waals surface area contributed by atoms with Crippen molar-refractivity contribution in [3.8, 4) is 17.2 Å². The Kier molecular flexibility index (Phi) is 5.94. The summed E-state index contributed by atoms with van der Waals surface area (Å²) >= 11 is 0. The number of hydrogen-bond acceptors (Lipinski definition) is 4. The lowest BCUT2D eigenvalue weighted by atomic mass is 10.1. The Morgan fingerprint density at radius 2 is 2.06 bits per heavy atom. The second kappa shape index (κ2) is 9.21. The van der Waals surface area contributed by atoms with Crippen molar-refractivity contribution in [2.24, 2.45) is 0 Å². The molecule has 0 radical (unpaired) electrons. The third-order valence-electron chi connectivity index (χ3n) is 6.31. The van der Waals surface area contributed by atoms with E-state index in [1.54, 1.807) is 40.1 Å². The third-order valence-corrected chi connectivity index (χ3v) is 6.31. The third kappa shape index (κ3) is 4.23. The average molecular weight is 473 g/mol. The molecule has 1 fully saturated rings. The van der Waals surface area contributed by atoms with Crippen molar-refractivity contribution in [3.05, 3.63) is 95.4 Å². The van der Waals surface area contributed by atoms with Gasteiger partial charge in [-0.3, -0.25) is 18.9 Å². The van der Waals surface area contributed by atoms with E-state index >= 15 is 4.39 Å². The Bertz CT molecular complexity index is 1490. The minimum absolute atomic E-state index is 0.0696. The van der Waals surface area contributed by atoms with Gasteiger partial charge >= 0.3 is 5.69 Å². The highest BCUT2D eigenvalue weighted by Crippen LogP contribution is 2.29. The van der Waals surface area contributed by atoms with Gasteiger partial charge in [0.25, 0.3) is 0 Å². The first-order valence-electron chi connectivity index (χ1n) is 11.5. The van der Waals surface area contributed by atoms with Crippen LogP contribution in [0, 0.1) is 12.7 Å². The van der Waals surface area contributed by atoms with Crippen molar-refractivity contribution in [2.75, 3.05) is 13.1 Å². The zero-order chi connectivity index (χ0) is 24.5. The Morgan fingerprint density at radius 3 is 2.83 bits per heavy atom. The maximum Gasteiger partial charge on any atom is 0.334 e. The maximum absolute atomic E-state index is 15.1. The largest absolute Gasteiger partial charge is 0.454 e. The number of halogens is 1. The molecule has 7 nitrogen and oxygen atoms in total. The van der Waals surface area contributed by atoms with Crippen LogP contribution in [0.2, 0.25) is 0 Å². The Labute approximate surface area is 201 Å². The summed E-state index contributed by atoms with van der Waals surface area (Å²) in [6, 6.07) is 13.4. The van der Waals surface area contributed by atoms with Gasteiger partial charge in [0.1, 0.15) is 5.75 Å². The minimum atomic E-state index is -0.582. The van der Waals surface area contributed by atoms with E-state index in [-0.39, 0.29) is 23.4 Å². The summed E-state index contributed by atoms with van der Waals surface area (Å²) in [7, 11) is 0. The summed E-state index contributed by atoms with van der Waals surface area (Å²) in [4.78, 5) is 31.8. The van der Waals surface area contributed by atoms with Gasteiger partial charge in [0.05, 0.1) is 29.0 Å². The highest BCUT2D eigenvalue weighted by molar-refractivity contribution is 5.87. The maximum atomic E-state index is 15.1. The topological polar surface area (TPSA) is 69.4 Å². The fourth-order valence-corrected chi connectivity index (χ4v) is 4.68. The molecule has 0 bridgehead atoms. The number of ether oxygens (including phenoxy) is 1. The molecule has 0 spiro atoms. The van der Waals surface area contributed by atoms with Crippen LogP contribution in [-0.2, 0) is 4.79 Å². The van der Waals surface area contributed by atoms with Crippen LogP contribution in [0.4, 0.5) is 4.39 Å². The van der Waals surface area contributed by atoms with Gasteiger partial charge in [0.2, 0.25) is 5.91 Å². The number of amides is 1. The van der Waals surface area contributed by atoms with Gasteiger partial charge in [-0.25, -0.2) is 9.18 Å². The number of rotatable bonds is 5. The van der Waals surface area contributed by atoms with Crippen LogP contribution >= 0.6 is 0 Å². The number of aryl methyl sites for hydroxylation is 1. The Balaban J connectivity index is 1.55. The number of piperidine rings is 1. The standard InChI is InChI=1S/C27H25FN4O3/c1-3-26(33)30-13-5-7-20(17-30)32-23-11-12-29-16-24(23)31(27(32)34)19-9-10-25(22(28)15-19)35-21-8-4-6-18(2)14-21/h3-4,6,8-12,14-16,20H,1,5,7,13,17H2,2H3. The number of aromatic nitrogens is 3. The average Bonchev–Trinajstić information content (AvgIpc) is 3.16. The second-order valence-corrected chi connectivity index (χ2v) is 8.67. The molecule has 1 unspecified atom stereocenters. The molecule has 1 aliphatic rings. The van der Waals surface area contributed by atoms with Crippen molar-refractivity contribution < 1.29 is 13.9 Å². The van der Waals surface area contributed by atoms with E-state index in [9.17, 15) is 9.59 Å². The van der Waals surface area contributed by atoms with E-state index in [1.165, 1.54) is 22.8 Å². The Morgan fingerprint density at radius 1 is 1.20 bits per heavy atom. The molecule has 178 valence electrons. The molecule has 3 heterocycles. The lowest BCUT2D eigenvalue weighted by Gasteiger charge is -2.32. The number of carbonyl (C=O) groups is 1. The molecule has 0 aliphatic carbocycles. The van der Waals surface area contributed by atoms with Crippen LogP contribution in [0.3, 0.4) is 0 Å². The normalized spacial score (nSPS) is 15.8. The molecular formula is C27H25FN4O3. The monoisotopic (exact) mass is 472 g/mol. The summed E-state index contributed by atoms with van der Waals surface area (Å²) in [5, 5.41) is 0. The predicted molar refractivity (Wildman–Crippen MR) is 132 cm³/mol. The van der Waals surface area contributed by atoms with Crippen LogP contribution in [0.1, 0.15) is 24.4 Å². The number of carbonyl (C=O) groups excluding carboxylic acids is 1. The fraction of sp³-hybridized carbons (Fsp3) is 0.222. The van der Waals surface area contributed by atoms with E-state index in [0.717, 1.165) is 18.4 Å². The lowest BCUT2D eigenvalue weighted by molar-refractivity contribution is -0.127. The van der Waals surface area contributed by atoms with Crippen molar-refractivity contribution in [1.82, 2.24) is 19.0 Å². The summed E-state index contributed by atoms with van der Waals surface area (Å²) in [5.74, 6) is -0.133. The SMILES string of the molecule is C=CC(=O)N1CCCC(n2c(=O)n(-c3ccc(Oc4cccc(C)c4)c(F)c3)c3cnccc32)C1. The van der Waals surface area contributed by atoms with E-state index < -0.39 is 5.82 Å². The van der Waals surface area contributed by atoms with E-state index in [2.05, 4.69) is 11.6 Å². The zero-order valence-electron chi connectivity index (χ0n) is 19.4. The number of likely N-dealkylation sites (tertiary alicyclic amines) is 1. The predicted octanol–water partition coefficient (Wildman–Crippen LogP) is 4.78. The van der Waals surface area contributed by atoms with E-state index in [4.69, 9.17) is 4.74 Å². The first-order chi connectivity index (χ1) is 17.0. The van der Waals surface area contributed by atoms with Gasteiger partial charge in [-0.15, -0.1) is 0 Å². The summed E-state index contributed by atoms with van der Waals surface area (Å²) in [6.45, 7) is 6.54. The van der Waals surface area contributed by atoms with Gasteiger partial charge in [-0.1, -0.05) is 18.7 Å². The molecule has 2 aromatic heterocycles. The summed E-state index contributed by atoms with van der Waals surface area (Å²) in [6.07, 6.45) is 6.03. The molecule has 0 saturated carbocycles. The van der Waals surface area contributed by atoms with Crippen LogP contribution in [-0.4, -0.2) is 38.0 Å². The van der Waals surface area contributed by atoms with Gasteiger partial charge in [0, 0.05) is 25.4 Å². The number of benzene rings is 2. The molecule has 0 N–H and O–H groups in total. The van der Waals surface area contributed by atoms with E-state index in [1.807, 2.05) is 25.1 Å². The van der Waals surface area contributed by atoms with Crippen molar-refractivity contribution in [3.63, 3.8) is 0 Å². The van der Waals surface area contributed by atoms with Gasteiger partial charge in [0.15, 0.2) is 11.6 Å². The molecule has 4 aromatic rings. The van der Waals surface area contributed by atoms with Crippen molar-refractivity contribution in [1.29, 1.82) is 0 Å². The first kappa shape index (κ1) is 22.6. The summed E-state index contributed by atoms with van der Waals surface area (Å²) < 4.78 is 23.9. The quantitative estimate of drug-likeness (QED) is 0.392. The molecule has 8 heteroatoms. The molecule has 1 atom stereocenters. The van der Waals surface area contributed by atoms with Gasteiger partial charge < -0.3 is 9.64 Å². The highest BCUT2D eigenvalue weighted by Gasteiger charge is 2.28. The van der Waals surface area contributed by atoms with Gasteiger partial charge in [-0.2, -0.15) is 0 Å². The molecule has 1 saturated heterocycles. The lowest BCUT2D eigenvalue weighted by Crippen LogP contribution is -2.42. The number of hydrogen-bond donors (Lipinski definition) is 0. The molecule has 35 heavy (non-hydrogen) atoms. The second-order valence-electron chi connectivity index (χ2n) is 8.67. The minimum Gasteiger partial charge on any atom is -0.454 e. The Hall–Kier alpha value is -4.20. The number of fused-ring (bicyclic) bond motifs is 1. The zero-order valence-corrected chi connectivity index (χ0v) is 19.4. The van der Waals surface area contributed by atoms with Crippen molar-refractivity contribution in [2.45, 2.75) is 25.8 Å². The summed E-state index contributed by atoms with van der Waals surface area (Å²) in [5.41, 5.74) is 2.32. The molecule has 2 aromatic carbocycles. The molecule has 1 amide bonds. The fourth-order valence-electron chi connectivity index (χ4n) is 4.68.